The summed E-state index contributed by atoms with van der Waals surface area (Å²) in [7, 11) is 1.56. The summed E-state index contributed by atoms with van der Waals surface area (Å²) in [6.45, 7) is -0.123. The summed E-state index contributed by atoms with van der Waals surface area (Å²) < 4.78 is 5.77. The van der Waals surface area contributed by atoms with Crippen molar-refractivity contribution >= 4 is 21.7 Å². The van der Waals surface area contributed by atoms with Crippen LogP contribution in [0.15, 0.2) is 22.7 Å². The summed E-state index contributed by atoms with van der Waals surface area (Å²) in [5.74, 6) is 0.612. The molecule has 0 spiro atoms. The van der Waals surface area contributed by atoms with Gasteiger partial charge >= 0.3 is 0 Å². The summed E-state index contributed by atoms with van der Waals surface area (Å²) in [5.41, 5.74) is 0.576. The molecule has 0 radical (unpaired) electrons. The number of benzene rings is 1. The third-order valence-corrected chi connectivity index (χ3v) is 2.43. The third kappa shape index (κ3) is 2.56. The van der Waals surface area contributed by atoms with Crippen molar-refractivity contribution in [2.75, 3.05) is 13.7 Å². The van der Waals surface area contributed by atoms with Gasteiger partial charge in [0.25, 0.3) is 0 Å². The molecule has 1 aromatic rings. The number of ketones is 1. The molecule has 0 saturated carbocycles. The number of carbonyl (C=O) groups excluding carboxylic acids is 1. The Hall–Kier alpha value is -0.870. The third-order valence-electron chi connectivity index (χ3n) is 1.81. The molecule has 0 aromatic heterocycles. The van der Waals surface area contributed by atoms with Crippen LogP contribution in [0.3, 0.4) is 0 Å². The molecule has 4 heteroatoms. The van der Waals surface area contributed by atoms with Crippen molar-refractivity contribution in [1.82, 2.24) is 0 Å². The summed E-state index contributed by atoms with van der Waals surface area (Å²) >= 11 is 3.29. The van der Waals surface area contributed by atoms with Crippen LogP contribution in [-0.4, -0.2) is 24.6 Å². The van der Waals surface area contributed by atoms with Crippen molar-refractivity contribution in [1.29, 1.82) is 0 Å². The van der Waals surface area contributed by atoms with E-state index in [1.54, 1.807) is 25.3 Å². The molecular formula is C10H11BrO3. The van der Waals surface area contributed by atoms with E-state index >= 15 is 0 Å². The molecule has 0 aliphatic carbocycles. The van der Waals surface area contributed by atoms with Gasteiger partial charge in [0.2, 0.25) is 0 Å². The summed E-state index contributed by atoms with van der Waals surface area (Å²) in [5, 5.41) is 8.61. The topological polar surface area (TPSA) is 46.5 Å². The number of methoxy groups -OCH3 is 1. The number of hydrogen-bond donors (Lipinski definition) is 1. The van der Waals surface area contributed by atoms with Gasteiger partial charge in [0.1, 0.15) is 5.75 Å². The molecule has 0 aliphatic heterocycles. The Bertz CT molecular complexity index is 336. The average molecular weight is 259 g/mol. The van der Waals surface area contributed by atoms with Gasteiger partial charge in [-0.3, -0.25) is 4.79 Å². The number of hydrogen-bond acceptors (Lipinski definition) is 3. The smallest absolute Gasteiger partial charge is 0.165 e. The molecule has 0 atom stereocenters. The maximum atomic E-state index is 11.4. The Kier molecular flexibility index (Phi) is 4.10. The van der Waals surface area contributed by atoms with Crippen LogP contribution in [0.25, 0.3) is 0 Å². The first-order valence-electron chi connectivity index (χ1n) is 4.16. The molecule has 0 aliphatic rings. The van der Waals surface area contributed by atoms with E-state index in [9.17, 15) is 4.79 Å². The molecule has 1 N–H and O–H groups in total. The minimum absolute atomic E-state index is 0.0733. The molecule has 0 saturated heterocycles. The van der Waals surface area contributed by atoms with Crippen molar-refractivity contribution in [2.24, 2.45) is 0 Å². The zero-order chi connectivity index (χ0) is 10.6. The van der Waals surface area contributed by atoms with Crippen LogP contribution in [0.4, 0.5) is 0 Å². The van der Waals surface area contributed by atoms with Crippen molar-refractivity contribution in [3.63, 3.8) is 0 Å². The molecular weight excluding hydrogens is 248 g/mol. The van der Waals surface area contributed by atoms with Crippen LogP contribution in [0.5, 0.6) is 5.75 Å². The zero-order valence-electron chi connectivity index (χ0n) is 7.79. The van der Waals surface area contributed by atoms with Gasteiger partial charge in [-0.15, -0.1) is 0 Å². The van der Waals surface area contributed by atoms with E-state index in [1.807, 2.05) is 0 Å². The zero-order valence-corrected chi connectivity index (χ0v) is 9.37. The quantitative estimate of drug-likeness (QED) is 0.841. The predicted molar refractivity (Wildman–Crippen MR) is 56.7 cm³/mol. The van der Waals surface area contributed by atoms with E-state index in [1.165, 1.54) is 0 Å². The lowest BCUT2D eigenvalue weighted by atomic mass is 10.1. The van der Waals surface area contributed by atoms with Gasteiger partial charge in [-0.1, -0.05) is 0 Å². The van der Waals surface area contributed by atoms with Gasteiger partial charge < -0.3 is 9.84 Å². The predicted octanol–water partition coefficient (Wildman–Crippen LogP) is 2.02. The van der Waals surface area contributed by atoms with E-state index < -0.39 is 0 Å². The number of halogens is 1. The van der Waals surface area contributed by atoms with Crippen molar-refractivity contribution in [3.8, 4) is 5.75 Å². The van der Waals surface area contributed by atoms with Crippen molar-refractivity contribution in [2.45, 2.75) is 6.42 Å². The lowest BCUT2D eigenvalue weighted by Crippen LogP contribution is -2.01. The van der Waals surface area contributed by atoms with Gasteiger partial charge in [0, 0.05) is 12.0 Å². The van der Waals surface area contributed by atoms with Gasteiger partial charge in [0.15, 0.2) is 5.78 Å². The number of Topliss-reactive ketones (excluding diaryl/α,β-unsaturated/α-hetero) is 1. The average Bonchev–Trinajstić information content (AvgIpc) is 2.18. The van der Waals surface area contributed by atoms with Gasteiger partial charge in [-0.25, -0.2) is 0 Å². The molecule has 0 amide bonds. The highest BCUT2D eigenvalue weighted by molar-refractivity contribution is 9.10. The van der Waals surface area contributed by atoms with Gasteiger partial charge in [-0.05, 0) is 34.1 Å². The first-order chi connectivity index (χ1) is 6.69. The van der Waals surface area contributed by atoms with Crippen LogP contribution in [-0.2, 0) is 0 Å². The Labute approximate surface area is 90.8 Å². The van der Waals surface area contributed by atoms with Crippen molar-refractivity contribution < 1.29 is 14.6 Å². The Morgan fingerprint density at radius 1 is 1.57 bits per heavy atom. The number of ether oxygens (including phenoxy) is 1. The molecule has 14 heavy (non-hydrogen) atoms. The minimum atomic E-state index is -0.123. The first kappa shape index (κ1) is 11.2. The van der Waals surface area contributed by atoms with Crippen LogP contribution in [0.1, 0.15) is 16.8 Å². The second kappa shape index (κ2) is 5.12. The fraction of sp³-hybridized carbons (Fsp3) is 0.300. The molecule has 0 unspecified atom stereocenters. The van der Waals surface area contributed by atoms with Gasteiger partial charge in [-0.2, -0.15) is 0 Å². The monoisotopic (exact) mass is 258 g/mol. The normalized spacial score (nSPS) is 9.93. The van der Waals surface area contributed by atoms with Crippen molar-refractivity contribution in [3.05, 3.63) is 28.2 Å². The molecule has 1 rings (SSSR count). The number of aliphatic hydroxyl groups is 1. The van der Waals surface area contributed by atoms with Gasteiger partial charge in [0.05, 0.1) is 18.2 Å². The van der Waals surface area contributed by atoms with E-state index in [0.717, 1.165) is 4.47 Å². The molecule has 0 heterocycles. The van der Waals surface area contributed by atoms with E-state index in [2.05, 4.69) is 15.9 Å². The fourth-order valence-corrected chi connectivity index (χ4v) is 1.63. The Morgan fingerprint density at radius 3 is 2.79 bits per heavy atom. The summed E-state index contributed by atoms with van der Waals surface area (Å²) in [6.07, 6.45) is 0.152. The lowest BCUT2D eigenvalue weighted by Gasteiger charge is -2.04. The summed E-state index contributed by atoms with van der Waals surface area (Å²) in [6, 6.07) is 5.09. The highest BCUT2D eigenvalue weighted by atomic mass is 79.9. The standard InChI is InChI=1S/C10H11BrO3/c1-14-10-3-2-7(6-8(10)11)9(13)4-5-12/h2-3,6,12H,4-5H2,1H3. The minimum Gasteiger partial charge on any atom is -0.496 e. The van der Waals surface area contributed by atoms with E-state index in [-0.39, 0.29) is 18.8 Å². The second-order valence-electron chi connectivity index (χ2n) is 2.75. The highest BCUT2D eigenvalue weighted by Crippen LogP contribution is 2.25. The summed E-state index contributed by atoms with van der Waals surface area (Å²) in [4.78, 5) is 11.4. The molecule has 0 fully saturated rings. The SMILES string of the molecule is COc1ccc(C(=O)CCO)cc1Br. The lowest BCUT2D eigenvalue weighted by molar-refractivity contribution is 0.0956. The molecule has 3 nitrogen and oxygen atoms in total. The maximum absolute atomic E-state index is 11.4. The second-order valence-corrected chi connectivity index (χ2v) is 3.60. The number of rotatable bonds is 4. The Morgan fingerprint density at radius 2 is 2.29 bits per heavy atom. The highest BCUT2D eigenvalue weighted by Gasteiger charge is 2.07. The molecule has 76 valence electrons. The van der Waals surface area contributed by atoms with E-state index in [4.69, 9.17) is 9.84 Å². The van der Waals surface area contributed by atoms with Crippen LogP contribution < -0.4 is 4.74 Å². The maximum Gasteiger partial charge on any atom is 0.165 e. The number of aliphatic hydroxyl groups excluding tert-OH is 1. The van der Waals surface area contributed by atoms with E-state index in [0.29, 0.717) is 11.3 Å². The number of carbonyl (C=O) groups is 1. The van der Waals surface area contributed by atoms with Crippen LogP contribution in [0.2, 0.25) is 0 Å². The molecule has 1 aromatic carbocycles. The largest absolute Gasteiger partial charge is 0.496 e. The van der Waals surface area contributed by atoms with Crippen LogP contribution >= 0.6 is 15.9 Å². The van der Waals surface area contributed by atoms with Crippen LogP contribution in [0, 0.1) is 0 Å². The first-order valence-corrected chi connectivity index (χ1v) is 4.96. The fourth-order valence-electron chi connectivity index (χ4n) is 1.09. The molecule has 0 bridgehead atoms. The Balaban J connectivity index is 2.91.